The van der Waals surface area contributed by atoms with Crippen LogP contribution in [0, 0.1) is 5.92 Å². The van der Waals surface area contributed by atoms with Crippen LogP contribution in [0.1, 0.15) is 37.2 Å². The number of carboxylic acids is 1. The van der Waals surface area contributed by atoms with Crippen molar-refractivity contribution in [2.24, 2.45) is 5.92 Å². The van der Waals surface area contributed by atoms with Gasteiger partial charge in [-0.3, -0.25) is 0 Å². The van der Waals surface area contributed by atoms with E-state index in [1.54, 1.807) is 0 Å². The molecule has 0 aliphatic rings. The molecule has 0 saturated carbocycles. The first kappa shape index (κ1) is 11.6. The van der Waals surface area contributed by atoms with E-state index in [-0.39, 0.29) is 11.7 Å². The summed E-state index contributed by atoms with van der Waals surface area (Å²) in [5.74, 6) is -0.239. The molecule has 0 spiro atoms. The monoisotopic (exact) mass is 212 g/mol. The minimum Gasteiger partial charge on any atom is -0.475 e. The van der Waals surface area contributed by atoms with Crippen LogP contribution in [0.2, 0.25) is 0 Å². The van der Waals surface area contributed by atoms with E-state index in [2.05, 4.69) is 13.8 Å². The van der Waals surface area contributed by atoms with Crippen molar-refractivity contribution < 1.29 is 19.1 Å². The first-order valence-corrected chi connectivity index (χ1v) is 5.05. The summed E-state index contributed by atoms with van der Waals surface area (Å²) < 4.78 is 10.2. The molecule has 0 aliphatic heterocycles. The van der Waals surface area contributed by atoms with Crippen LogP contribution < -0.4 is 4.74 Å². The molecular formula is C11H16O4. The lowest BCUT2D eigenvalue weighted by Gasteiger charge is -2.04. The Balaban J connectivity index is 2.29. The summed E-state index contributed by atoms with van der Waals surface area (Å²) >= 11 is 0. The van der Waals surface area contributed by atoms with Crippen LogP contribution in [0.3, 0.4) is 0 Å². The third kappa shape index (κ3) is 4.06. The zero-order valence-corrected chi connectivity index (χ0v) is 9.03. The topological polar surface area (TPSA) is 59.7 Å². The lowest BCUT2D eigenvalue weighted by Crippen LogP contribution is -1.99. The minimum absolute atomic E-state index is 0.0890. The molecule has 4 nitrogen and oxygen atoms in total. The zero-order chi connectivity index (χ0) is 11.3. The van der Waals surface area contributed by atoms with E-state index >= 15 is 0 Å². The summed E-state index contributed by atoms with van der Waals surface area (Å²) in [5, 5.41) is 8.59. The van der Waals surface area contributed by atoms with Gasteiger partial charge in [-0.1, -0.05) is 13.8 Å². The number of aromatic carboxylic acids is 1. The average Bonchev–Trinajstić information content (AvgIpc) is 2.60. The lowest BCUT2D eigenvalue weighted by molar-refractivity contribution is 0.0653. The van der Waals surface area contributed by atoms with Gasteiger partial charge in [0.1, 0.15) is 0 Å². The van der Waals surface area contributed by atoms with Gasteiger partial charge in [0.25, 0.3) is 5.95 Å². The first-order chi connectivity index (χ1) is 7.09. The molecule has 0 bridgehead atoms. The summed E-state index contributed by atoms with van der Waals surface area (Å²) in [4.78, 5) is 10.5. The van der Waals surface area contributed by atoms with E-state index < -0.39 is 5.97 Å². The smallest absolute Gasteiger partial charge is 0.371 e. The molecule has 0 saturated heterocycles. The quantitative estimate of drug-likeness (QED) is 0.736. The van der Waals surface area contributed by atoms with Gasteiger partial charge in [-0.05, 0) is 24.8 Å². The summed E-state index contributed by atoms with van der Waals surface area (Å²) in [6.07, 6.45) is 2.03. The molecule has 0 aliphatic carbocycles. The van der Waals surface area contributed by atoms with E-state index in [4.69, 9.17) is 14.3 Å². The van der Waals surface area contributed by atoms with Crippen LogP contribution in [-0.4, -0.2) is 17.7 Å². The van der Waals surface area contributed by atoms with Crippen molar-refractivity contribution in [2.75, 3.05) is 6.61 Å². The maximum atomic E-state index is 10.5. The van der Waals surface area contributed by atoms with E-state index in [9.17, 15) is 4.79 Å². The normalized spacial score (nSPS) is 10.6. The Kier molecular flexibility index (Phi) is 4.21. The fraction of sp³-hybridized carbons (Fsp3) is 0.545. The zero-order valence-electron chi connectivity index (χ0n) is 9.03. The second-order valence-corrected chi connectivity index (χ2v) is 3.81. The van der Waals surface area contributed by atoms with E-state index in [0.717, 1.165) is 12.8 Å². The largest absolute Gasteiger partial charge is 0.475 e. The molecule has 1 aromatic heterocycles. The molecule has 0 unspecified atom stereocenters. The number of hydrogen-bond donors (Lipinski definition) is 1. The van der Waals surface area contributed by atoms with Crippen molar-refractivity contribution in [3.8, 4) is 5.95 Å². The number of rotatable bonds is 6. The number of hydrogen-bond acceptors (Lipinski definition) is 3. The summed E-state index contributed by atoms with van der Waals surface area (Å²) in [6.45, 7) is 4.86. The van der Waals surface area contributed by atoms with Crippen molar-refractivity contribution in [1.29, 1.82) is 0 Å². The van der Waals surface area contributed by atoms with E-state index in [0.29, 0.717) is 12.5 Å². The van der Waals surface area contributed by atoms with Crippen molar-refractivity contribution in [2.45, 2.75) is 26.7 Å². The standard InChI is InChI=1S/C11H16O4/c1-8(2)4-3-7-14-10-6-5-9(15-10)11(12)13/h5-6,8H,3-4,7H2,1-2H3,(H,12,13). The fourth-order valence-corrected chi connectivity index (χ4v) is 1.18. The predicted octanol–water partition coefficient (Wildman–Crippen LogP) is 2.79. The molecule has 1 rings (SSSR count). The number of carboxylic acid groups (broad SMARTS) is 1. The second kappa shape index (κ2) is 5.44. The summed E-state index contributed by atoms with van der Waals surface area (Å²) in [7, 11) is 0. The Morgan fingerprint density at radius 2 is 2.27 bits per heavy atom. The molecule has 0 amide bonds. The summed E-state index contributed by atoms with van der Waals surface area (Å²) in [5.41, 5.74) is 0. The maximum absolute atomic E-state index is 10.5. The molecule has 4 heteroatoms. The molecule has 0 aromatic carbocycles. The SMILES string of the molecule is CC(C)CCCOc1ccc(C(=O)O)o1. The van der Waals surface area contributed by atoms with Gasteiger partial charge in [-0.15, -0.1) is 0 Å². The number of furan rings is 1. The number of carbonyl (C=O) groups is 1. The van der Waals surface area contributed by atoms with Gasteiger partial charge in [0.15, 0.2) is 0 Å². The number of ether oxygens (including phenoxy) is 1. The Morgan fingerprint density at radius 3 is 2.80 bits per heavy atom. The van der Waals surface area contributed by atoms with Crippen LogP contribution in [0.5, 0.6) is 5.95 Å². The average molecular weight is 212 g/mol. The van der Waals surface area contributed by atoms with Gasteiger partial charge >= 0.3 is 5.97 Å². The van der Waals surface area contributed by atoms with Crippen molar-refractivity contribution >= 4 is 5.97 Å². The van der Waals surface area contributed by atoms with Gasteiger partial charge in [0, 0.05) is 6.07 Å². The van der Waals surface area contributed by atoms with Gasteiger partial charge in [-0.2, -0.15) is 0 Å². The highest BCUT2D eigenvalue weighted by molar-refractivity contribution is 5.84. The summed E-state index contributed by atoms with van der Waals surface area (Å²) in [6, 6.07) is 2.92. The molecule has 0 atom stereocenters. The van der Waals surface area contributed by atoms with E-state index in [1.807, 2.05) is 0 Å². The van der Waals surface area contributed by atoms with Crippen LogP contribution in [0.4, 0.5) is 0 Å². The first-order valence-electron chi connectivity index (χ1n) is 5.05. The third-order valence-electron chi connectivity index (χ3n) is 1.96. The van der Waals surface area contributed by atoms with Gasteiger partial charge in [0.2, 0.25) is 5.76 Å². The lowest BCUT2D eigenvalue weighted by atomic mass is 10.1. The van der Waals surface area contributed by atoms with Crippen molar-refractivity contribution in [3.63, 3.8) is 0 Å². The molecule has 1 heterocycles. The minimum atomic E-state index is -1.08. The molecule has 1 aromatic rings. The van der Waals surface area contributed by atoms with Crippen LogP contribution in [0.15, 0.2) is 16.5 Å². The highest BCUT2D eigenvalue weighted by Gasteiger charge is 2.09. The van der Waals surface area contributed by atoms with E-state index in [1.165, 1.54) is 12.1 Å². The molecule has 0 radical (unpaired) electrons. The van der Waals surface area contributed by atoms with Crippen LogP contribution in [-0.2, 0) is 0 Å². The fourth-order valence-electron chi connectivity index (χ4n) is 1.18. The van der Waals surface area contributed by atoms with Crippen LogP contribution in [0.25, 0.3) is 0 Å². The van der Waals surface area contributed by atoms with Crippen molar-refractivity contribution in [3.05, 3.63) is 17.9 Å². The molecular weight excluding hydrogens is 196 g/mol. The van der Waals surface area contributed by atoms with Crippen LogP contribution >= 0.6 is 0 Å². The molecule has 15 heavy (non-hydrogen) atoms. The van der Waals surface area contributed by atoms with Gasteiger partial charge in [-0.25, -0.2) is 4.79 Å². The molecule has 0 fully saturated rings. The third-order valence-corrected chi connectivity index (χ3v) is 1.96. The maximum Gasteiger partial charge on any atom is 0.371 e. The van der Waals surface area contributed by atoms with Gasteiger partial charge < -0.3 is 14.3 Å². The molecule has 84 valence electrons. The highest BCUT2D eigenvalue weighted by Crippen LogP contribution is 2.16. The Bertz CT molecular complexity index is 314. The Hall–Kier alpha value is -1.45. The molecule has 1 N–H and O–H groups in total. The van der Waals surface area contributed by atoms with Gasteiger partial charge in [0.05, 0.1) is 6.61 Å². The van der Waals surface area contributed by atoms with Crippen molar-refractivity contribution in [1.82, 2.24) is 0 Å². The predicted molar refractivity (Wildman–Crippen MR) is 55.2 cm³/mol. The Labute approximate surface area is 88.8 Å². The Morgan fingerprint density at radius 1 is 1.53 bits per heavy atom. The second-order valence-electron chi connectivity index (χ2n) is 3.81. The highest BCUT2D eigenvalue weighted by atomic mass is 16.6.